The van der Waals surface area contributed by atoms with Crippen molar-refractivity contribution in [1.29, 1.82) is 0 Å². The highest BCUT2D eigenvalue weighted by Gasteiger charge is 2.31. The molecule has 2 N–H and O–H groups in total. The predicted octanol–water partition coefficient (Wildman–Crippen LogP) is 5.03. The second-order valence-electron chi connectivity index (χ2n) is 6.39. The zero-order chi connectivity index (χ0) is 19.7. The SMILES string of the molecule is C[C@H]1CCC(C(=O)O)=C1C(=O)Nc1c(F)cc(-c2ccccc2Cl)cc1F. The zero-order valence-corrected chi connectivity index (χ0v) is 15.1. The molecule has 0 spiro atoms. The fourth-order valence-corrected chi connectivity index (χ4v) is 3.49. The molecule has 140 valence electrons. The molecule has 0 heterocycles. The Labute approximate surface area is 159 Å². The van der Waals surface area contributed by atoms with Crippen molar-refractivity contribution in [3.63, 3.8) is 0 Å². The number of hydrogen-bond donors (Lipinski definition) is 2. The molecule has 1 aliphatic rings. The number of carboxylic acid groups (broad SMARTS) is 1. The fraction of sp³-hybridized carbons (Fsp3) is 0.200. The van der Waals surface area contributed by atoms with Crippen LogP contribution in [0.1, 0.15) is 19.8 Å². The van der Waals surface area contributed by atoms with E-state index < -0.39 is 29.2 Å². The highest BCUT2D eigenvalue weighted by atomic mass is 35.5. The zero-order valence-electron chi connectivity index (χ0n) is 14.4. The minimum absolute atomic E-state index is 0.0199. The summed E-state index contributed by atoms with van der Waals surface area (Å²) in [7, 11) is 0. The average molecular weight is 392 g/mol. The van der Waals surface area contributed by atoms with Gasteiger partial charge >= 0.3 is 5.97 Å². The second kappa shape index (κ2) is 7.48. The first-order valence-corrected chi connectivity index (χ1v) is 8.69. The molecule has 1 atom stereocenters. The summed E-state index contributed by atoms with van der Waals surface area (Å²) < 4.78 is 29.0. The van der Waals surface area contributed by atoms with Crippen molar-refractivity contribution in [3.05, 3.63) is 64.2 Å². The summed E-state index contributed by atoms with van der Waals surface area (Å²) in [5.74, 6) is -4.24. The summed E-state index contributed by atoms with van der Waals surface area (Å²) in [4.78, 5) is 23.7. The standard InChI is InChI=1S/C20H16ClF2NO3/c1-10-6-7-13(20(26)27)17(10)19(25)24-18-15(22)8-11(9-16(18)23)12-4-2-3-5-14(12)21/h2-5,8-10H,6-7H2,1H3,(H,24,25)(H,26,27)/t10-/m0/s1. The maximum Gasteiger partial charge on any atom is 0.332 e. The van der Waals surface area contributed by atoms with Crippen molar-refractivity contribution in [2.24, 2.45) is 5.92 Å². The van der Waals surface area contributed by atoms with Gasteiger partial charge in [0.15, 0.2) is 0 Å². The van der Waals surface area contributed by atoms with E-state index in [4.69, 9.17) is 11.6 Å². The van der Waals surface area contributed by atoms with E-state index in [9.17, 15) is 23.5 Å². The third kappa shape index (κ3) is 3.71. The molecular weight excluding hydrogens is 376 g/mol. The molecule has 4 nitrogen and oxygen atoms in total. The first kappa shape index (κ1) is 19.0. The summed E-state index contributed by atoms with van der Waals surface area (Å²) >= 11 is 6.06. The largest absolute Gasteiger partial charge is 0.478 e. The lowest BCUT2D eigenvalue weighted by molar-refractivity contribution is -0.133. The molecule has 7 heteroatoms. The first-order valence-electron chi connectivity index (χ1n) is 8.31. The molecule has 0 fully saturated rings. The molecule has 0 saturated heterocycles. The Bertz CT molecular complexity index is 948. The van der Waals surface area contributed by atoms with Crippen LogP contribution in [0.5, 0.6) is 0 Å². The molecule has 3 rings (SSSR count). The van der Waals surface area contributed by atoms with Crippen LogP contribution in [0.15, 0.2) is 47.5 Å². The van der Waals surface area contributed by atoms with Crippen LogP contribution in [0.4, 0.5) is 14.5 Å². The summed E-state index contributed by atoms with van der Waals surface area (Å²) in [5.41, 5.74) is 0.0977. The number of amides is 1. The van der Waals surface area contributed by atoms with E-state index in [1.54, 1.807) is 31.2 Å². The third-order valence-electron chi connectivity index (χ3n) is 4.61. The molecule has 1 aliphatic carbocycles. The van der Waals surface area contributed by atoms with Gasteiger partial charge in [0.2, 0.25) is 0 Å². The molecule has 0 bridgehead atoms. The van der Waals surface area contributed by atoms with E-state index in [1.165, 1.54) is 0 Å². The van der Waals surface area contributed by atoms with Gasteiger partial charge in [-0.2, -0.15) is 0 Å². The van der Waals surface area contributed by atoms with E-state index >= 15 is 0 Å². The summed E-state index contributed by atoms with van der Waals surface area (Å²) in [6.45, 7) is 1.71. The van der Waals surface area contributed by atoms with E-state index in [0.29, 0.717) is 17.0 Å². The van der Waals surface area contributed by atoms with Crippen LogP contribution in [0.2, 0.25) is 5.02 Å². The van der Waals surface area contributed by atoms with Crippen molar-refractivity contribution in [2.75, 3.05) is 5.32 Å². The summed E-state index contributed by atoms with van der Waals surface area (Å²) in [5, 5.41) is 11.7. The number of carboxylic acids is 1. The van der Waals surface area contributed by atoms with Gasteiger partial charge in [0.1, 0.15) is 17.3 Å². The minimum Gasteiger partial charge on any atom is -0.478 e. The molecular formula is C20H16ClF2NO3. The van der Waals surface area contributed by atoms with Gasteiger partial charge in [-0.05, 0) is 42.5 Å². The lowest BCUT2D eigenvalue weighted by Gasteiger charge is -2.14. The maximum atomic E-state index is 14.5. The van der Waals surface area contributed by atoms with E-state index in [2.05, 4.69) is 5.32 Å². The number of aliphatic carboxylic acids is 1. The van der Waals surface area contributed by atoms with Crippen LogP contribution >= 0.6 is 11.6 Å². The van der Waals surface area contributed by atoms with Crippen LogP contribution in [0, 0.1) is 17.6 Å². The molecule has 0 radical (unpaired) electrons. The third-order valence-corrected chi connectivity index (χ3v) is 4.94. The van der Waals surface area contributed by atoms with E-state index in [-0.39, 0.29) is 29.0 Å². The topological polar surface area (TPSA) is 66.4 Å². The van der Waals surface area contributed by atoms with Crippen LogP contribution in [0.25, 0.3) is 11.1 Å². The van der Waals surface area contributed by atoms with Gasteiger partial charge in [-0.3, -0.25) is 4.79 Å². The molecule has 0 aromatic heterocycles. The molecule has 2 aromatic rings. The van der Waals surface area contributed by atoms with Crippen molar-refractivity contribution in [1.82, 2.24) is 0 Å². The molecule has 0 aliphatic heterocycles. The van der Waals surface area contributed by atoms with Crippen molar-refractivity contribution >= 4 is 29.2 Å². The van der Waals surface area contributed by atoms with Gasteiger partial charge in [0, 0.05) is 21.7 Å². The van der Waals surface area contributed by atoms with Gasteiger partial charge in [0.25, 0.3) is 5.91 Å². The van der Waals surface area contributed by atoms with Gasteiger partial charge in [-0.15, -0.1) is 0 Å². The Morgan fingerprint density at radius 2 is 1.81 bits per heavy atom. The highest BCUT2D eigenvalue weighted by molar-refractivity contribution is 6.33. The molecule has 0 saturated carbocycles. The number of nitrogens with one attached hydrogen (secondary N) is 1. The van der Waals surface area contributed by atoms with Gasteiger partial charge in [-0.25, -0.2) is 13.6 Å². The molecule has 0 unspecified atom stereocenters. The number of benzene rings is 2. The Hall–Kier alpha value is -2.73. The van der Waals surface area contributed by atoms with Crippen LogP contribution in [-0.2, 0) is 9.59 Å². The Kier molecular flexibility index (Phi) is 5.28. The number of halogens is 3. The maximum absolute atomic E-state index is 14.5. The van der Waals surface area contributed by atoms with Gasteiger partial charge in [-0.1, -0.05) is 36.7 Å². The molecule has 1 amide bonds. The van der Waals surface area contributed by atoms with Crippen molar-refractivity contribution in [3.8, 4) is 11.1 Å². The fourth-order valence-electron chi connectivity index (χ4n) is 3.24. The van der Waals surface area contributed by atoms with Crippen molar-refractivity contribution in [2.45, 2.75) is 19.8 Å². The van der Waals surface area contributed by atoms with Gasteiger partial charge in [0.05, 0.1) is 0 Å². The minimum atomic E-state index is -1.19. The van der Waals surface area contributed by atoms with Crippen LogP contribution in [0.3, 0.4) is 0 Å². The number of carbonyl (C=O) groups excluding carboxylic acids is 1. The predicted molar refractivity (Wildman–Crippen MR) is 98.5 cm³/mol. The molecule has 27 heavy (non-hydrogen) atoms. The number of anilines is 1. The number of rotatable bonds is 4. The summed E-state index contributed by atoms with van der Waals surface area (Å²) in [6.07, 6.45) is 0.746. The highest BCUT2D eigenvalue weighted by Crippen LogP contribution is 2.35. The van der Waals surface area contributed by atoms with E-state index in [1.807, 2.05) is 0 Å². The quantitative estimate of drug-likeness (QED) is 0.767. The Morgan fingerprint density at radius 1 is 1.19 bits per heavy atom. The smallest absolute Gasteiger partial charge is 0.332 e. The Balaban J connectivity index is 1.95. The van der Waals surface area contributed by atoms with Crippen LogP contribution < -0.4 is 5.32 Å². The monoisotopic (exact) mass is 391 g/mol. The first-order chi connectivity index (χ1) is 12.8. The van der Waals surface area contributed by atoms with Gasteiger partial charge < -0.3 is 10.4 Å². The normalized spacial score (nSPS) is 16.5. The molecule has 2 aromatic carbocycles. The van der Waals surface area contributed by atoms with Crippen LogP contribution in [-0.4, -0.2) is 17.0 Å². The second-order valence-corrected chi connectivity index (χ2v) is 6.79. The Morgan fingerprint density at radius 3 is 2.41 bits per heavy atom. The number of hydrogen-bond acceptors (Lipinski definition) is 2. The average Bonchev–Trinajstić information content (AvgIpc) is 3.00. The summed E-state index contributed by atoms with van der Waals surface area (Å²) in [6, 6.07) is 8.76. The number of carbonyl (C=O) groups is 2. The van der Waals surface area contributed by atoms with Crippen molar-refractivity contribution < 1.29 is 23.5 Å². The lowest BCUT2D eigenvalue weighted by atomic mass is 10.0. The lowest BCUT2D eigenvalue weighted by Crippen LogP contribution is -2.21. The van der Waals surface area contributed by atoms with E-state index in [0.717, 1.165) is 12.1 Å².